The van der Waals surface area contributed by atoms with Crippen LogP contribution in [0.4, 0.5) is 4.39 Å². The van der Waals surface area contributed by atoms with Crippen LogP contribution in [0.25, 0.3) is 5.69 Å². The molecule has 1 atom stereocenters. The third-order valence-corrected chi connectivity index (χ3v) is 4.65. The summed E-state index contributed by atoms with van der Waals surface area (Å²) in [5.41, 5.74) is 0.771. The Morgan fingerprint density at radius 1 is 1.10 bits per heavy atom. The monoisotopic (exact) mass is 449 g/mol. The maximum atomic E-state index is 13.5. The topological polar surface area (TPSA) is 90.2 Å². The summed E-state index contributed by atoms with van der Waals surface area (Å²) in [7, 11) is 1.45. The van der Waals surface area contributed by atoms with E-state index in [0.29, 0.717) is 28.5 Å². The Kier molecular flexibility index (Phi) is 7.51. The van der Waals surface area contributed by atoms with Crippen LogP contribution in [-0.4, -0.2) is 41.2 Å². The molecule has 0 aliphatic rings. The first-order valence-corrected chi connectivity index (χ1v) is 9.68. The first-order chi connectivity index (χ1) is 14.9. The molecule has 1 heterocycles. The molecule has 164 valence electrons. The van der Waals surface area contributed by atoms with E-state index in [4.69, 9.17) is 30.9 Å². The van der Waals surface area contributed by atoms with Gasteiger partial charge in [-0.2, -0.15) is 0 Å². The summed E-state index contributed by atoms with van der Waals surface area (Å²) in [6, 6.07) is 12.2. The lowest BCUT2D eigenvalue weighted by Crippen LogP contribution is -2.21. The molecule has 0 radical (unpaired) electrons. The second kappa shape index (κ2) is 10.3. The van der Waals surface area contributed by atoms with E-state index in [9.17, 15) is 14.3 Å². The Balaban J connectivity index is 1.74. The number of rotatable bonds is 9. The molecule has 2 N–H and O–H groups in total. The van der Waals surface area contributed by atoms with E-state index in [2.05, 4.69) is 0 Å². The van der Waals surface area contributed by atoms with Crippen molar-refractivity contribution in [3.05, 3.63) is 81.5 Å². The number of halogens is 2. The second-order valence-electron chi connectivity index (χ2n) is 6.59. The van der Waals surface area contributed by atoms with Crippen LogP contribution in [-0.2, 0) is 6.61 Å². The van der Waals surface area contributed by atoms with E-state index >= 15 is 0 Å². The average molecular weight is 450 g/mol. The summed E-state index contributed by atoms with van der Waals surface area (Å²) in [5, 5.41) is 18.3. The van der Waals surface area contributed by atoms with E-state index in [1.54, 1.807) is 36.5 Å². The van der Waals surface area contributed by atoms with Gasteiger partial charge in [0, 0.05) is 18.3 Å². The second-order valence-corrected chi connectivity index (χ2v) is 7.00. The van der Waals surface area contributed by atoms with Crippen molar-refractivity contribution in [2.45, 2.75) is 12.7 Å². The highest BCUT2D eigenvalue weighted by Crippen LogP contribution is 2.29. The largest absolute Gasteiger partial charge is 0.493 e. The summed E-state index contributed by atoms with van der Waals surface area (Å²) in [6.07, 6.45) is 0.536. The van der Waals surface area contributed by atoms with Crippen LogP contribution in [0.3, 0.4) is 0 Å². The number of pyridine rings is 1. The summed E-state index contributed by atoms with van der Waals surface area (Å²) < 4.78 is 31.2. The van der Waals surface area contributed by atoms with Crippen LogP contribution in [0.1, 0.15) is 5.56 Å². The lowest BCUT2D eigenvalue weighted by molar-refractivity contribution is 0.0527. The Hall–Kier alpha value is -3.07. The van der Waals surface area contributed by atoms with Gasteiger partial charge >= 0.3 is 0 Å². The zero-order chi connectivity index (χ0) is 22.4. The third-order valence-electron chi connectivity index (χ3n) is 4.35. The van der Waals surface area contributed by atoms with Crippen molar-refractivity contribution in [3.63, 3.8) is 0 Å². The average Bonchev–Trinajstić information content (AvgIpc) is 2.78. The van der Waals surface area contributed by atoms with Crippen molar-refractivity contribution in [1.29, 1.82) is 0 Å². The van der Waals surface area contributed by atoms with Gasteiger partial charge in [0.2, 0.25) is 0 Å². The number of ether oxygens (including phenoxy) is 3. The molecule has 1 aromatic heterocycles. The number of hydrogen-bond acceptors (Lipinski definition) is 6. The molecule has 0 amide bonds. The molecule has 0 bridgehead atoms. The molecule has 0 fully saturated rings. The fraction of sp³-hybridized carbons (Fsp3) is 0.227. The molecule has 31 heavy (non-hydrogen) atoms. The van der Waals surface area contributed by atoms with Gasteiger partial charge in [-0.1, -0.05) is 17.7 Å². The highest BCUT2D eigenvalue weighted by molar-refractivity contribution is 6.30. The van der Waals surface area contributed by atoms with E-state index in [0.717, 1.165) is 0 Å². The van der Waals surface area contributed by atoms with E-state index in [1.165, 1.54) is 29.9 Å². The van der Waals surface area contributed by atoms with E-state index in [1.807, 2.05) is 0 Å². The van der Waals surface area contributed by atoms with Gasteiger partial charge < -0.3 is 24.4 Å². The summed E-state index contributed by atoms with van der Waals surface area (Å²) in [6.45, 7) is -0.441. The summed E-state index contributed by atoms with van der Waals surface area (Å²) in [4.78, 5) is 12.6. The van der Waals surface area contributed by atoms with Crippen molar-refractivity contribution in [1.82, 2.24) is 4.57 Å². The van der Waals surface area contributed by atoms with Crippen LogP contribution in [0.15, 0.2) is 59.5 Å². The number of hydrogen-bond donors (Lipinski definition) is 2. The predicted octanol–water partition coefficient (Wildman–Crippen LogP) is 2.95. The minimum atomic E-state index is -1.01. The zero-order valence-electron chi connectivity index (χ0n) is 16.6. The molecular formula is C22H21ClFNO6. The van der Waals surface area contributed by atoms with E-state index < -0.39 is 18.5 Å². The molecule has 9 heteroatoms. The van der Waals surface area contributed by atoms with Crippen LogP contribution >= 0.6 is 11.6 Å². The van der Waals surface area contributed by atoms with Crippen LogP contribution in [0.5, 0.6) is 17.2 Å². The molecule has 0 saturated carbocycles. The van der Waals surface area contributed by atoms with Gasteiger partial charge in [0.25, 0.3) is 5.56 Å². The Morgan fingerprint density at radius 3 is 2.58 bits per heavy atom. The third kappa shape index (κ3) is 5.75. The molecule has 7 nitrogen and oxygen atoms in total. The zero-order valence-corrected chi connectivity index (χ0v) is 17.4. The lowest BCUT2D eigenvalue weighted by atomic mass is 10.2. The predicted molar refractivity (Wildman–Crippen MR) is 113 cm³/mol. The number of nitrogens with zero attached hydrogens (tertiary/aromatic N) is 1. The van der Waals surface area contributed by atoms with Gasteiger partial charge in [0.1, 0.15) is 30.9 Å². The maximum absolute atomic E-state index is 13.5. The van der Waals surface area contributed by atoms with Crippen molar-refractivity contribution >= 4 is 11.6 Å². The SMILES string of the molecule is COc1cc(-n2ccc(OCc3ccc(Cl)c(F)c3)cc2=O)ccc1OCC(O)CO. The van der Waals surface area contributed by atoms with Crippen LogP contribution < -0.4 is 19.8 Å². The Bertz CT molecular complexity index is 1100. The van der Waals surface area contributed by atoms with Crippen molar-refractivity contribution in [2.75, 3.05) is 20.3 Å². The fourth-order valence-corrected chi connectivity index (χ4v) is 2.84. The minimum Gasteiger partial charge on any atom is -0.493 e. The Morgan fingerprint density at radius 2 is 1.90 bits per heavy atom. The number of aromatic nitrogens is 1. The molecule has 0 saturated heterocycles. The van der Waals surface area contributed by atoms with E-state index in [-0.39, 0.29) is 23.8 Å². The molecule has 3 aromatic rings. The lowest BCUT2D eigenvalue weighted by Gasteiger charge is -2.15. The molecule has 0 aliphatic heterocycles. The van der Waals surface area contributed by atoms with Gasteiger partial charge in [-0.3, -0.25) is 9.36 Å². The number of aliphatic hydroxyl groups excluding tert-OH is 2. The fourth-order valence-electron chi connectivity index (χ4n) is 2.72. The van der Waals surface area contributed by atoms with Crippen LogP contribution in [0, 0.1) is 5.82 Å². The maximum Gasteiger partial charge on any atom is 0.258 e. The summed E-state index contributed by atoms with van der Waals surface area (Å²) >= 11 is 5.67. The number of methoxy groups -OCH3 is 1. The quantitative estimate of drug-likeness (QED) is 0.522. The van der Waals surface area contributed by atoms with Crippen molar-refractivity contribution < 1.29 is 28.8 Å². The van der Waals surface area contributed by atoms with Crippen LogP contribution in [0.2, 0.25) is 5.02 Å². The molecule has 0 aliphatic carbocycles. The smallest absolute Gasteiger partial charge is 0.258 e. The van der Waals surface area contributed by atoms with Gasteiger partial charge in [-0.25, -0.2) is 4.39 Å². The normalized spacial score (nSPS) is 11.8. The van der Waals surface area contributed by atoms with Crippen molar-refractivity contribution in [3.8, 4) is 22.9 Å². The Labute approximate surface area is 182 Å². The molecule has 1 unspecified atom stereocenters. The summed E-state index contributed by atoms with van der Waals surface area (Å²) in [5.74, 6) is 0.522. The molecule has 0 spiro atoms. The first kappa shape index (κ1) is 22.6. The first-order valence-electron chi connectivity index (χ1n) is 9.31. The highest BCUT2D eigenvalue weighted by Gasteiger charge is 2.11. The van der Waals surface area contributed by atoms with Crippen molar-refractivity contribution in [2.24, 2.45) is 0 Å². The standard InChI is InChI=1S/C22H21ClFNO6/c1-29-21-9-15(3-5-20(21)31-13-16(27)11-26)25-7-6-17(10-22(25)28)30-12-14-2-4-18(23)19(24)8-14/h2-10,16,26-27H,11-13H2,1H3. The molecule has 3 rings (SSSR count). The number of benzene rings is 2. The van der Waals surface area contributed by atoms with Gasteiger partial charge in [0.05, 0.1) is 24.4 Å². The highest BCUT2D eigenvalue weighted by atomic mass is 35.5. The van der Waals surface area contributed by atoms with Gasteiger partial charge in [0.15, 0.2) is 11.5 Å². The number of aliphatic hydroxyl groups is 2. The van der Waals surface area contributed by atoms with Gasteiger partial charge in [-0.05, 0) is 35.9 Å². The molecular weight excluding hydrogens is 429 g/mol. The molecule has 2 aromatic carbocycles. The van der Waals surface area contributed by atoms with Gasteiger partial charge in [-0.15, -0.1) is 0 Å². The minimum absolute atomic E-state index is 0.0303.